The van der Waals surface area contributed by atoms with E-state index in [0.29, 0.717) is 16.7 Å². The van der Waals surface area contributed by atoms with E-state index in [2.05, 4.69) is 17.0 Å². The molecule has 2 heterocycles. The Balaban J connectivity index is 1.61. The summed E-state index contributed by atoms with van der Waals surface area (Å²) < 4.78 is 19.5. The topological polar surface area (TPSA) is 59.5 Å². The molecule has 2 N–H and O–H groups in total. The van der Waals surface area contributed by atoms with Crippen LogP contribution in [0.25, 0.3) is 22.3 Å². The molecule has 134 valence electrons. The van der Waals surface area contributed by atoms with Crippen molar-refractivity contribution in [1.29, 1.82) is 0 Å². The summed E-state index contributed by atoms with van der Waals surface area (Å²) in [5, 5.41) is 0.534. The molecule has 1 aliphatic heterocycles. The molecular weight excluding hydrogens is 331 g/mol. The van der Waals surface area contributed by atoms with Gasteiger partial charge in [0.1, 0.15) is 17.2 Å². The van der Waals surface area contributed by atoms with Gasteiger partial charge in [0.25, 0.3) is 5.91 Å². The number of halogens is 1. The highest BCUT2D eigenvalue weighted by molar-refractivity contribution is 6.04. The number of carbonyl (C=O) groups excluding carboxylic acids is 1. The lowest BCUT2D eigenvalue weighted by atomic mass is 10.1. The predicted molar refractivity (Wildman–Crippen MR) is 99.3 cm³/mol. The van der Waals surface area contributed by atoms with Gasteiger partial charge in [0.15, 0.2) is 0 Å². The lowest BCUT2D eigenvalue weighted by Gasteiger charge is -2.26. The Morgan fingerprint density at radius 2 is 1.81 bits per heavy atom. The molecule has 1 fully saturated rings. The number of primary amides is 1. The Hall–Kier alpha value is -2.66. The predicted octanol–water partition coefficient (Wildman–Crippen LogP) is 4.32. The van der Waals surface area contributed by atoms with Gasteiger partial charge in [-0.25, -0.2) is 4.39 Å². The third-order valence-corrected chi connectivity index (χ3v) is 4.94. The highest BCUT2D eigenvalue weighted by Gasteiger charge is 2.16. The number of piperidine rings is 1. The number of hydrogen-bond acceptors (Lipinski definition) is 3. The highest BCUT2D eigenvalue weighted by atomic mass is 19.1. The summed E-state index contributed by atoms with van der Waals surface area (Å²) in [5.41, 5.74) is 7.87. The van der Waals surface area contributed by atoms with Crippen LogP contribution in [0.3, 0.4) is 0 Å². The van der Waals surface area contributed by atoms with Crippen molar-refractivity contribution in [2.75, 3.05) is 13.1 Å². The van der Waals surface area contributed by atoms with Crippen LogP contribution in [0.4, 0.5) is 4.39 Å². The zero-order valence-corrected chi connectivity index (χ0v) is 14.5. The van der Waals surface area contributed by atoms with Crippen LogP contribution in [-0.2, 0) is 6.54 Å². The maximum Gasteiger partial charge on any atom is 0.252 e. The quantitative estimate of drug-likeness (QED) is 0.760. The monoisotopic (exact) mass is 352 g/mol. The minimum Gasteiger partial charge on any atom is -0.455 e. The molecule has 0 radical (unpaired) electrons. The Bertz CT molecular complexity index is 941. The van der Waals surface area contributed by atoms with E-state index in [0.717, 1.165) is 31.3 Å². The standard InChI is InChI=1S/C21H21FN2O2/c22-17-10-16-11-19(26-20(16)18(12-17)21(23)25)15-6-4-14(5-7-15)13-24-8-2-1-3-9-24/h4-7,10-12H,1-3,8-9,13H2,(H2,23,25). The average Bonchev–Trinajstić information content (AvgIpc) is 3.06. The molecule has 4 rings (SSSR count). The molecule has 4 nitrogen and oxygen atoms in total. The number of nitrogens with zero attached hydrogens (tertiary/aromatic N) is 1. The lowest BCUT2D eigenvalue weighted by molar-refractivity contribution is 0.100. The number of hydrogen-bond donors (Lipinski definition) is 1. The van der Waals surface area contributed by atoms with Gasteiger partial charge in [0, 0.05) is 17.5 Å². The molecule has 1 aromatic heterocycles. The number of furan rings is 1. The molecule has 3 aromatic rings. The summed E-state index contributed by atoms with van der Waals surface area (Å²) in [6.45, 7) is 3.27. The Kier molecular flexibility index (Phi) is 4.47. The maximum atomic E-state index is 13.7. The van der Waals surface area contributed by atoms with Crippen LogP contribution in [0, 0.1) is 5.82 Å². The molecule has 0 unspecified atom stereocenters. The number of rotatable bonds is 4. The van der Waals surface area contributed by atoms with Gasteiger partial charge in [-0.05, 0) is 49.7 Å². The van der Waals surface area contributed by atoms with Crippen molar-refractivity contribution in [3.8, 4) is 11.3 Å². The fourth-order valence-electron chi connectivity index (χ4n) is 3.59. The van der Waals surface area contributed by atoms with Crippen LogP contribution in [0.1, 0.15) is 35.2 Å². The summed E-state index contributed by atoms with van der Waals surface area (Å²) in [4.78, 5) is 14.0. The van der Waals surface area contributed by atoms with Crippen LogP contribution in [-0.4, -0.2) is 23.9 Å². The fourth-order valence-corrected chi connectivity index (χ4v) is 3.59. The van der Waals surface area contributed by atoms with Gasteiger partial charge >= 0.3 is 0 Å². The second-order valence-corrected chi connectivity index (χ2v) is 6.88. The summed E-state index contributed by atoms with van der Waals surface area (Å²) in [7, 11) is 0. The minimum atomic E-state index is -0.702. The van der Waals surface area contributed by atoms with E-state index in [4.69, 9.17) is 10.2 Å². The summed E-state index contributed by atoms with van der Waals surface area (Å²) in [6.07, 6.45) is 3.88. The molecular formula is C21H21FN2O2. The molecule has 1 saturated heterocycles. The van der Waals surface area contributed by atoms with E-state index < -0.39 is 11.7 Å². The Labute approximate surface area is 151 Å². The van der Waals surface area contributed by atoms with Crippen molar-refractivity contribution >= 4 is 16.9 Å². The maximum absolute atomic E-state index is 13.7. The highest BCUT2D eigenvalue weighted by Crippen LogP contribution is 2.31. The van der Waals surface area contributed by atoms with Gasteiger partial charge in [0.05, 0.1) is 5.56 Å². The molecule has 26 heavy (non-hydrogen) atoms. The first-order valence-electron chi connectivity index (χ1n) is 8.95. The first kappa shape index (κ1) is 16.8. The number of carbonyl (C=O) groups is 1. The van der Waals surface area contributed by atoms with Crippen LogP contribution >= 0.6 is 0 Å². The average molecular weight is 352 g/mol. The van der Waals surface area contributed by atoms with E-state index >= 15 is 0 Å². The number of benzene rings is 2. The third kappa shape index (κ3) is 3.35. The van der Waals surface area contributed by atoms with Crippen LogP contribution in [0.2, 0.25) is 0 Å². The fraction of sp³-hybridized carbons (Fsp3) is 0.286. The molecule has 1 aliphatic rings. The van der Waals surface area contributed by atoms with Gasteiger partial charge in [-0.1, -0.05) is 30.7 Å². The van der Waals surface area contributed by atoms with Crippen LogP contribution in [0.5, 0.6) is 0 Å². The van der Waals surface area contributed by atoms with E-state index in [1.54, 1.807) is 6.07 Å². The third-order valence-electron chi connectivity index (χ3n) is 4.94. The van der Waals surface area contributed by atoms with Gasteiger partial charge in [-0.3, -0.25) is 9.69 Å². The number of nitrogens with two attached hydrogens (primary N) is 1. The van der Waals surface area contributed by atoms with Crippen molar-refractivity contribution in [1.82, 2.24) is 4.90 Å². The number of likely N-dealkylation sites (tertiary alicyclic amines) is 1. The molecule has 5 heteroatoms. The van der Waals surface area contributed by atoms with Crippen molar-refractivity contribution in [3.63, 3.8) is 0 Å². The zero-order chi connectivity index (χ0) is 18.1. The van der Waals surface area contributed by atoms with Gasteiger partial charge < -0.3 is 10.2 Å². The van der Waals surface area contributed by atoms with Crippen molar-refractivity contribution in [2.24, 2.45) is 5.73 Å². The molecule has 0 spiro atoms. The summed E-state index contributed by atoms with van der Waals surface area (Å²) >= 11 is 0. The first-order chi connectivity index (χ1) is 12.6. The minimum absolute atomic E-state index is 0.0629. The number of amides is 1. The second-order valence-electron chi connectivity index (χ2n) is 6.88. The molecule has 0 atom stereocenters. The van der Waals surface area contributed by atoms with E-state index in [9.17, 15) is 9.18 Å². The van der Waals surface area contributed by atoms with Crippen molar-refractivity contribution < 1.29 is 13.6 Å². The van der Waals surface area contributed by atoms with Crippen molar-refractivity contribution in [2.45, 2.75) is 25.8 Å². The van der Waals surface area contributed by atoms with Crippen molar-refractivity contribution in [3.05, 3.63) is 59.4 Å². The Morgan fingerprint density at radius 3 is 2.50 bits per heavy atom. The molecule has 0 aliphatic carbocycles. The molecule has 0 saturated carbocycles. The van der Waals surface area contributed by atoms with Gasteiger partial charge in [-0.2, -0.15) is 0 Å². The van der Waals surface area contributed by atoms with Crippen LogP contribution < -0.4 is 5.73 Å². The largest absolute Gasteiger partial charge is 0.455 e. The van der Waals surface area contributed by atoms with Crippen LogP contribution in [0.15, 0.2) is 46.9 Å². The Morgan fingerprint density at radius 1 is 1.08 bits per heavy atom. The van der Waals surface area contributed by atoms with E-state index in [1.165, 1.54) is 30.9 Å². The summed E-state index contributed by atoms with van der Waals surface area (Å²) in [6, 6.07) is 12.4. The number of fused-ring (bicyclic) bond motifs is 1. The van der Waals surface area contributed by atoms with E-state index in [1.807, 2.05) is 12.1 Å². The van der Waals surface area contributed by atoms with Gasteiger partial charge in [-0.15, -0.1) is 0 Å². The smallest absolute Gasteiger partial charge is 0.252 e. The summed E-state index contributed by atoms with van der Waals surface area (Å²) in [5.74, 6) is -0.611. The molecule has 1 amide bonds. The lowest BCUT2D eigenvalue weighted by Crippen LogP contribution is -2.28. The molecule has 2 aromatic carbocycles. The SMILES string of the molecule is NC(=O)c1cc(F)cc2cc(-c3ccc(CN4CCCCC4)cc3)oc12. The zero-order valence-electron chi connectivity index (χ0n) is 14.5. The second kappa shape index (κ2) is 6.92. The normalized spacial score (nSPS) is 15.4. The van der Waals surface area contributed by atoms with E-state index in [-0.39, 0.29) is 5.56 Å². The van der Waals surface area contributed by atoms with Gasteiger partial charge in [0.2, 0.25) is 0 Å². The first-order valence-corrected chi connectivity index (χ1v) is 8.95. The molecule has 0 bridgehead atoms.